The second kappa shape index (κ2) is 5.09. The maximum absolute atomic E-state index is 10.9. The number of sulfonamides is 1. The number of hydrogen-bond acceptors (Lipinski definition) is 3. The summed E-state index contributed by atoms with van der Waals surface area (Å²) in [4.78, 5) is 0. The second-order valence-electron chi connectivity index (χ2n) is 4.13. The highest BCUT2D eigenvalue weighted by molar-refractivity contribution is 7.88. The standard InChI is InChI=1S/C9H20N2O2S/c1-10-9-5-3-8(4-6-9)7-11-14(2,12)13/h8-11H,3-7H2,1-2H3. The van der Waals surface area contributed by atoms with Gasteiger partial charge in [-0.15, -0.1) is 0 Å². The summed E-state index contributed by atoms with van der Waals surface area (Å²) in [5.74, 6) is 0.523. The fraction of sp³-hybridized carbons (Fsp3) is 1.00. The van der Waals surface area contributed by atoms with E-state index in [0.29, 0.717) is 18.5 Å². The van der Waals surface area contributed by atoms with Gasteiger partial charge in [0.25, 0.3) is 0 Å². The third kappa shape index (κ3) is 4.39. The molecule has 1 rings (SSSR count). The molecular weight excluding hydrogens is 200 g/mol. The minimum atomic E-state index is -3.01. The van der Waals surface area contributed by atoms with Gasteiger partial charge in [-0.05, 0) is 38.6 Å². The Morgan fingerprint density at radius 2 is 1.79 bits per heavy atom. The van der Waals surface area contributed by atoms with Gasteiger partial charge in [0.05, 0.1) is 6.26 Å². The van der Waals surface area contributed by atoms with Gasteiger partial charge in [-0.1, -0.05) is 0 Å². The van der Waals surface area contributed by atoms with Crippen molar-refractivity contribution in [1.29, 1.82) is 0 Å². The van der Waals surface area contributed by atoms with Crippen LogP contribution in [0.2, 0.25) is 0 Å². The molecule has 0 aliphatic heterocycles. The summed E-state index contributed by atoms with van der Waals surface area (Å²) in [6.45, 7) is 0.606. The predicted molar refractivity (Wildman–Crippen MR) is 57.7 cm³/mol. The average molecular weight is 220 g/mol. The second-order valence-corrected chi connectivity index (χ2v) is 5.96. The van der Waals surface area contributed by atoms with Crippen LogP contribution in [-0.2, 0) is 10.0 Å². The summed E-state index contributed by atoms with van der Waals surface area (Å²) >= 11 is 0. The third-order valence-electron chi connectivity index (χ3n) is 2.89. The first kappa shape index (κ1) is 11.9. The Balaban J connectivity index is 2.23. The van der Waals surface area contributed by atoms with E-state index in [1.807, 2.05) is 7.05 Å². The van der Waals surface area contributed by atoms with Crippen molar-refractivity contribution in [2.24, 2.45) is 5.92 Å². The zero-order valence-electron chi connectivity index (χ0n) is 8.91. The largest absolute Gasteiger partial charge is 0.317 e. The monoisotopic (exact) mass is 220 g/mol. The lowest BCUT2D eigenvalue weighted by atomic mass is 9.86. The fourth-order valence-electron chi connectivity index (χ4n) is 1.92. The first-order valence-electron chi connectivity index (χ1n) is 5.13. The van der Waals surface area contributed by atoms with E-state index in [1.54, 1.807) is 0 Å². The van der Waals surface area contributed by atoms with Gasteiger partial charge in [0.2, 0.25) is 10.0 Å². The van der Waals surface area contributed by atoms with Crippen molar-refractivity contribution < 1.29 is 8.42 Å². The predicted octanol–water partition coefficient (Wildman–Crippen LogP) is 0.314. The van der Waals surface area contributed by atoms with E-state index in [9.17, 15) is 8.42 Å². The average Bonchev–Trinajstić information content (AvgIpc) is 2.14. The maximum atomic E-state index is 10.9. The van der Waals surface area contributed by atoms with Crippen LogP contribution < -0.4 is 10.0 Å². The summed E-state index contributed by atoms with van der Waals surface area (Å²) < 4.78 is 24.3. The zero-order chi connectivity index (χ0) is 10.6. The van der Waals surface area contributed by atoms with Crippen LogP contribution in [0.25, 0.3) is 0 Å². The molecule has 1 fully saturated rings. The maximum Gasteiger partial charge on any atom is 0.208 e. The lowest BCUT2D eigenvalue weighted by Crippen LogP contribution is -2.35. The first-order chi connectivity index (χ1) is 6.51. The van der Waals surface area contributed by atoms with Gasteiger partial charge in [0, 0.05) is 12.6 Å². The number of rotatable bonds is 4. The fourth-order valence-corrected chi connectivity index (χ4v) is 2.46. The first-order valence-corrected chi connectivity index (χ1v) is 7.02. The Kier molecular flexibility index (Phi) is 4.34. The third-order valence-corrected chi connectivity index (χ3v) is 3.58. The molecule has 0 spiro atoms. The van der Waals surface area contributed by atoms with Crippen LogP contribution in [0.3, 0.4) is 0 Å². The van der Waals surface area contributed by atoms with E-state index < -0.39 is 10.0 Å². The van der Waals surface area contributed by atoms with Crippen LogP contribution in [0.15, 0.2) is 0 Å². The molecule has 0 aromatic rings. The van der Waals surface area contributed by atoms with E-state index in [1.165, 1.54) is 6.26 Å². The molecule has 4 nitrogen and oxygen atoms in total. The Hall–Kier alpha value is -0.130. The van der Waals surface area contributed by atoms with Crippen LogP contribution in [-0.4, -0.2) is 34.3 Å². The van der Waals surface area contributed by atoms with Crippen LogP contribution >= 0.6 is 0 Å². The molecule has 2 N–H and O–H groups in total. The highest BCUT2D eigenvalue weighted by atomic mass is 32.2. The molecule has 0 aromatic carbocycles. The summed E-state index contributed by atoms with van der Waals surface area (Å²) in [6, 6.07) is 0.629. The minimum Gasteiger partial charge on any atom is -0.317 e. The lowest BCUT2D eigenvalue weighted by Gasteiger charge is -2.28. The Morgan fingerprint density at radius 3 is 2.21 bits per heavy atom. The molecule has 0 bridgehead atoms. The van der Waals surface area contributed by atoms with Gasteiger partial charge in [-0.3, -0.25) is 0 Å². The molecule has 1 aliphatic rings. The molecule has 0 heterocycles. The van der Waals surface area contributed by atoms with Crippen molar-refractivity contribution >= 4 is 10.0 Å². The molecule has 0 radical (unpaired) electrons. The van der Waals surface area contributed by atoms with Gasteiger partial charge < -0.3 is 5.32 Å². The van der Waals surface area contributed by atoms with E-state index in [0.717, 1.165) is 25.7 Å². The summed E-state index contributed by atoms with van der Waals surface area (Å²) in [5, 5.41) is 3.26. The van der Waals surface area contributed by atoms with Gasteiger partial charge in [0.1, 0.15) is 0 Å². The smallest absolute Gasteiger partial charge is 0.208 e. The molecule has 84 valence electrons. The Morgan fingerprint density at radius 1 is 1.21 bits per heavy atom. The Labute approximate surface area is 86.5 Å². The number of hydrogen-bond donors (Lipinski definition) is 2. The van der Waals surface area contributed by atoms with Crippen LogP contribution in [0.5, 0.6) is 0 Å². The molecule has 0 unspecified atom stereocenters. The van der Waals surface area contributed by atoms with Crippen LogP contribution in [0.1, 0.15) is 25.7 Å². The van der Waals surface area contributed by atoms with E-state index in [2.05, 4.69) is 10.0 Å². The molecule has 14 heavy (non-hydrogen) atoms. The topological polar surface area (TPSA) is 58.2 Å². The van der Waals surface area contributed by atoms with Gasteiger partial charge in [-0.25, -0.2) is 13.1 Å². The highest BCUT2D eigenvalue weighted by Gasteiger charge is 2.20. The summed E-state index contributed by atoms with van der Waals surface area (Å²) in [7, 11) is -1.02. The van der Waals surface area contributed by atoms with Crippen LogP contribution in [0.4, 0.5) is 0 Å². The van der Waals surface area contributed by atoms with Crippen molar-refractivity contribution in [3.05, 3.63) is 0 Å². The molecule has 1 aliphatic carbocycles. The van der Waals surface area contributed by atoms with Crippen LogP contribution in [0, 0.1) is 5.92 Å². The van der Waals surface area contributed by atoms with Crippen molar-refractivity contribution in [2.45, 2.75) is 31.7 Å². The molecule has 5 heteroatoms. The van der Waals surface area contributed by atoms with Crippen molar-refractivity contribution in [2.75, 3.05) is 19.8 Å². The van der Waals surface area contributed by atoms with Crippen molar-refractivity contribution in [1.82, 2.24) is 10.0 Å². The summed E-state index contributed by atoms with van der Waals surface area (Å²) in [6.07, 6.45) is 5.77. The Bertz CT molecular complexity index is 256. The van der Waals surface area contributed by atoms with E-state index in [-0.39, 0.29) is 0 Å². The van der Waals surface area contributed by atoms with Gasteiger partial charge >= 0.3 is 0 Å². The molecule has 0 aromatic heterocycles. The molecule has 0 atom stereocenters. The molecule has 0 saturated heterocycles. The van der Waals surface area contributed by atoms with E-state index >= 15 is 0 Å². The quantitative estimate of drug-likeness (QED) is 0.717. The zero-order valence-corrected chi connectivity index (χ0v) is 9.73. The minimum absolute atomic E-state index is 0.523. The highest BCUT2D eigenvalue weighted by Crippen LogP contribution is 2.23. The summed E-state index contributed by atoms with van der Waals surface area (Å²) in [5.41, 5.74) is 0. The molecule has 1 saturated carbocycles. The lowest BCUT2D eigenvalue weighted by molar-refractivity contribution is 0.302. The SMILES string of the molecule is CNC1CCC(CNS(C)(=O)=O)CC1. The van der Waals surface area contributed by atoms with Gasteiger partial charge in [0.15, 0.2) is 0 Å². The molecule has 0 amide bonds. The van der Waals surface area contributed by atoms with Crippen molar-refractivity contribution in [3.63, 3.8) is 0 Å². The van der Waals surface area contributed by atoms with E-state index in [4.69, 9.17) is 0 Å². The van der Waals surface area contributed by atoms with Crippen molar-refractivity contribution in [3.8, 4) is 0 Å². The number of nitrogens with one attached hydrogen (secondary N) is 2. The normalized spacial score (nSPS) is 29.0. The molecular formula is C9H20N2O2S. The van der Waals surface area contributed by atoms with Gasteiger partial charge in [-0.2, -0.15) is 0 Å².